The molecule has 0 fully saturated rings. The fourth-order valence-electron chi connectivity index (χ4n) is 3.14. The maximum Gasteiger partial charge on any atom is 0.153 e. The zero-order chi connectivity index (χ0) is 15.4. The largest absolute Gasteiger partial charge is 0.307 e. The average Bonchev–Trinajstić information content (AvgIpc) is 2.96. The monoisotopic (exact) mass is 298 g/mol. The minimum absolute atomic E-state index is 0.373. The molecule has 0 radical (unpaired) electrons. The number of hydrogen-bond acceptors (Lipinski definition) is 3. The molecule has 1 aromatic heterocycles. The lowest BCUT2D eigenvalue weighted by atomic mass is 9.90. The highest BCUT2D eigenvalue weighted by atomic mass is 15.2. The Balaban J connectivity index is 1.62. The van der Waals surface area contributed by atoms with Crippen molar-refractivity contribution in [1.29, 1.82) is 0 Å². The summed E-state index contributed by atoms with van der Waals surface area (Å²) < 4.78 is 0. The summed E-state index contributed by atoms with van der Waals surface area (Å²) in [7, 11) is 0. The summed E-state index contributed by atoms with van der Waals surface area (Å²) >= 11 is 0. The van der Waals surface area contributed by atoms with E-state index in [-0.39, 0.29) is 0 Å². The van der Waals surface area contributed by atoms with Gasteiger partial charge in [0.15, 0.2) is 5.82 Å². The molecule has 0 saturated carbocycles. The molecule has 0 spiro atoms. The van der Waals surface area contributed by atoms with Crippen LogP contribution in [0, 0.1) is 0 Å². The molecule has 0 saturated heterocycles. The predicted molar refractivity (Wildman–Crippen MR) is 88.8 cm³/mol. The summed E-state index contributed by atoms with van der Waals surface area (Å²) in [6.07, 6.45) is 6.15. The third-order valence-electron chi connectivity index (χ3n) is 4.46. The van der Waals surface area contributed by atoms with E-state index in [1.54, 1.807) is 0 Å². The highest BCUT2D eigenvalue weighted by Crippen LogP contribution is 2.20. The van der Waals surface area contributed by atoms with Crippen LogP contribution in [0.3, 0.4) is 0 Å². The van der Waals surface area contributed by atoms with E-state index in [9.17, 15) is 0 Å². The van der Waals surface area contributed by atoms with Crippen molar-refractivity contribution in [1.82, 2.24) is 20.5 Å². The number of H-pyrrole nitrogens is 1. The van der Waals surface area contributed by atoms with Gasteiger partial charge in [-0.1, -0.05) is 44.5 Å². The van der Waals surface area contributed by atoms with Gasteiger partial charge in [-0.15, -0.1) is 0 Å². The van der Waals surface area contributed by atoms with Crippen molar-refractivity contribution in [3.05, 3.63) is 47.0 Å². The van der Waals surface area contributed by atoms with Crippen molar-refractivity contribution < 1.29 is 0 Å². The van der Waals surface area contributed by atoms with E-state index in [1.165, 1.54) is 36.8 Å². The standard InChI is InChI=1S/C18H26N4/c1-13(2)18-20-17(21-22-18)12-19-16-10-6-5-8-14-7-3-4-9-15(14)11-16/h3-4,7,9,13,16,19H,5-6,8,10-12H2,1-2H3,(H,20,21,22). The second-order valence-electron chi connectivity index (χ2n) is 6.59. The molecule has 1 unspecified atom stereocenters. The highest BCUT2D eigenvalue weighted by molar-refractivity contribution is 5.28. The molecule has 0 amide bonds. The van der Waals surface area contributed by atoms with Crippen LogP contribution >= 0.6 is 0 Å². The lowest BCUT2D eigenvalue weighted by Crippen LogP contribution is -2.32. The minimum atomic E-state index is 0.373. The molecular formula is C18H26N4. The molecule has 4 nitrogen and oxygen atoms in total. The van der Waals surface area contributed by atoms with Crippen molar-refractivity contribution in [2.75, 3.05) is 0 Å². The maximum atomic E-state index is 4.55. The lowest BCUT2D eigenvalue weighted by Gasteiger charge is -2.22. The molecule has 4 heteroatoms. The van der Waals surface area contributed by atoms with Gasteiger partial charge in [-0.05, 0) is 36.8 Å². The number of hydrogen-bond donors (Lipinski definition) is 2. The van der Waals surface area contributed by atoms with Crippen LogP contribution in [-0.2, 0) is 19.4 Å². The van der Waals surface area contributed by atoms with Gasteiger partial charge in [-0.3, -0.25) is 5.10 Å². The Morgan fingerprint density at radius 3 is 2.82 bits per heavy atom. The Hall–Kier alpha value is -1.68. The SMILES string of the molecule is CC(C)c1n[nH]c(CNC2CCCCc3ccccc3C2)n1. The van der Waals surface area contributed by atoms with Crippen LogP contribution in [0.4, 0.5) is 0 Å². The van der Waals surface area contributed by atoms with E-state index in [2.05, 4.69) is 58.6 Å². The average molecular weight is 298 g/mol. The third kappa shape index (κ3) is 3.74. The second kappa shape index (κ2) is 7.05. The number of rotatable bonds is 4. The molecule has 1 aliphatic carbocycles. The van der Waals surface area contributed by atoms with Gasteiger partial charge in [0.25, 0.3) is 0 Å². The van der Waals surface area contributed by atoms with Gasteiger partial charge in [0.05, 0.1) is 6.54 Å². The number of nitrogens with one attached hydrogen (secondary N) is 2. The van der Waals surface area contributed by atoms with Gasteiger partial charge >= 0.3 is 0 Å². The van der Waals surface area contributed by atoms with E-state index in [4.69, 9.17) is 0 Å². The molecule has 2 aromatic rings. The van der Waals surface area contributed by atoms with E-state index in [1.807, 2.05) is 0 Å². The lowest BCUT2D eigenvalue weighted by molar-refractivity contribution is 0.441. The first-order valence-corrected chi connectivity index (χ1v) is 8.43. The van der Waals surface area contributed by atoms with Crippen molar-refractivity contribution >= 4 is 0 Å². The van der Waals surface area contributed by atoms with Crippen molar-refractivity contribution in [3.8, 4) is 0 Å². The number of nitrogens with zero attached hydrogens (tertiary/aromatic N) is 2. The molecule has 0 aliphatic heterocycles. The van der Waals surface area contributed by atoms with Crippen molar-refractivity contribution in [2.45, 2.75) is 64.5 Å². The van der Waals surface area contributed by atoms with Gasteiger partial charge in [0.1, 0.15) is 5.82 Å². The third-order valence-corrected chi connectivity index (χ3v) is 4.46. The molecule has 1 atom stereocenters. The quantitative estimate of drug-likeness (QED) is 0.910. The minimum Gasteiger partial charge on any atom is -0.307 e. The van der Waals surface area contributed by atoms with E-state index in [0.29, 0.717) is 12.0 Å². The molecule has 1 aromatic carbocycles. The Labute approximate surface area is 132 Å². The molecular weight excluding hydrogens is 272 g/mol. The number of aromatic amines is 1. The van der Waals surface area contributed by atoms with Crippen LogP contribution in [0.2, 0.25) is 0 Å². The predicted octanol–water partition coefficient (Wildman–Crippen LogP) is 3.36. The van der Waals surface area contributed by atoms with Gasteiger partial charge in [0.2, 0.25) is 0 Å². The van der Waals surface area contributed by atoms with E-state index < -0.39 is 0 Å². The number of fused-ring (bicyclic) bond motifs is 1. The first-order valence-electron chi connectivity index (χ1n) is 8.43. The van der Waals surface area contributed by atoms with Crippen LogP contribution in [0.1, 0.15) is 61.8 Å². The summed E-state index contributed by atoms with van der Waals surface area (Å²) in [4.78, 5) is 4.55. The fourth-order valence-corrected chi connectivity index (χ4v) is 3.14. The first kappa shape index (κ1) is 15.2. The topological polar surface area (TPSA) is 53.6 Å². The Morgan fingerprint density at radius 1 is 1.23 bits per heavy atom. The number of aromatic nitrogens is 3. The molecule has 0 bridgehead atoms. The molecule has 3 rings (SSSR count). The van der Waals surface area contributed by atoms with Gasteiger partial charge < -0.3 is 5.32 Å². The number of aryl methyl sites for hydroxylation is 1. The Kier molecular flexibility index (Phi) is 4.88. The zero-order valence-electron chi connectivity index (χ0n) is 13.6. The molecule has 1 aliphatic rings. The fraction of sp³-hybridized carbons (Fsp3) is 0.556. The number of benzene rings is 1. The van der Waals surface area contributed by atoms with Gasteiger partial charge in [0, 0.05) is 12.0 Å². The smallest absolute Gasteiger partial charge is 0.153 e. The normalized spacial score (nSPS) is 18.8. The zero-order valence-corrected chi connectivity index (χ0v) is 13.6. The molecule has 2 N–H and O–H groups in total. The Bertz CT molecular complexity index is 603. The summed E-state index contributed by atoms with van der Waals surface area (Å²) in [6, 6.07) is 9.39. The van der Waals surface area contributed by atoms with Crippen molar-refractivity contribution in [2.24, 2.45) is 0 Å². The van der Waals surface area contributed by atoms with E-state index >= 15 is 0 Å². The van der Waals surface area contributed by atoms with Crippen LogP contribution in [-0.4, -0.2) is 21.2 Å². The summed E-state index contributed by atoms with van der Waals surface area (Å²) in [6.45, 7) is 5.00. The molecule has 1 heterocycles. The summed E-state index contributed by atoms with van der Waals surface area (Å²) in [5, 5.41) is 11.0. The van der Waals surface area contributed by atoms with Crippen LogP contribution < -0.4 is 5.32 Å². The second-order valence-corrected chi connectivity index (χ2v) is 6.59. The van der Waals surface area contributed by atoms with Crippen molar-refractivity contribution in [3.63, 3.8) is 0 Å². The maximum absolute atomic E-state index is 4.55. The highest BCUT2D eigenvalue weighted by Gasteiger charge is 2.15. The van der Waals surface area contributed by atoms with Gasteiger partial charge in [-0.25, -0.2) is 4.98 Å². The van der Waals surface area contributed by atoms with Gasteiger partial charge in [-0.2, -0.15) is 5.10 Å². The summed E-state index contributed by atoms with van der Waals surface area (Å²) in [5.41, 5.74) is 3.02. The van der Waals surface area contributed by atoms with Crippen LogP contribution in [0.5, 0.6) is 0 Å². The van der Waals surface area contributed by atoms with E-state index in [0.717, 1.165) is 24.6 Å². The molecule has 118 valence electrons. The van der Waals surface area contributed by atoms with Crippen LogP contribution in [0.25, 0.3) is 0 Å². The van der Waals surface area contributed by atoms with Crippen LogP contribution in [0.15, 0.2) is 24.3 Å². The summed E-state index contributed by atoms with van der Waals surface area (Å²) in [5.74, 6) is 2.22. The Morgan fingerprint density at radius 2 is 2.05 bits per heavy atom. The first-order chi connectivity index (χ1) is 10.7. The molecule has 22 heavy (non-hydrogen) atoms.